The topological polar surface area (TPSA) is 9.72 Å². The molecule has 0 fully saturated rings. The van der Waals surface area contributed by atoms with E-state index in [1.54, 1.807) is 0 Å². The summed E-state index contributed by atoms with van der Waals surface area (Å²) in [5.41, 5.74) is 19.4. The smallest absolute Gasteiger partial charge is 0.264 e. The van der Waals surface area contributed by atoms with Gasteiger partial charge in [0.1, 0.15) is 0 Å². The van der Waals surface area contributed by atoms with E-state index in [-0.39, 0.29) is 12.1 Å². The first-order valence-corrected chi connectivity index (χ1v) is 26.5. The van der Waals surface area contributed by atoms with Gasteiger partial charge in [0.05, 0.1) is 16.1 Å². The van der Waals surface area contributed by atoms with Crippen LogP contribution in [0, 0.1) is 0 Å². The summed E-state index contributed by atoms with van der Waals surface area (Å²) in [5, 5.41) is 3.84. The molecule has 10 aromatic carbocycles. The zero-order chi connectivity index (χ0) is 48.1. The van der Waals surface area contributed by atoms with Crippen LogP contribution in [0.15, 0.2) is 237 Å². The van der Waals surface area contributed by atoms with Gasteiger partial charge in [-0.25, -0.2) is 0 Å². The number of nitrogens with zero attached hydrogens (tertiary/aromatic N) is 3. The molecule has 0 N–H and O–H groups in total. The van der Waals surface area contributed by atoms with Crippen LogP contribution in [0.1, 0.15) is 26.3 Å². The van der Waals surface area contributed by atoms with Crippen molar-refractivity contribution in [3.8, 4) is 22.3 Å². The molecule has 2 aromatic heterocycles. The highest BCUT2D eigenvalue weighted by Gasteiger charge is 2.45. The van der Waals surface area contributed by atoms with Crippen LogP contribution < -0.4 is 30.4 Å². The molecule has 0 saturated carbocycles. The predicted molar refractivity (Wildman–Crippen MR) is 313 cm³/mol. The Kier molecular flexibility index (Phi) is 9.93. The second-order valence-electron chi connectivity index (χ2n) is 20.1. The monoisotopic (exact) mass is 957 g/mol. The third-order valence-corrected chi connectivity index (χ3v) is 17.3. The quantitative estimate of drug-likeness (QED) is 0.147. The van der Waals surface area contributed by atoms with Gasteiger partial charge in [-0.05, 0) is 123 Å². The van der Waals surface area contributed by atoms with Crippen LogP contribution in [0.2, 0.25) is 0 Å². The van der Waals surface area contributed by atoms with Gasteiger partial charge in [0.25, 0.3) is 6.71 Å². The van der Waals surface area contributed by atoms with Crippen molar-refractivity contribution in [3.05, 3.63) is 242 Å². The third-order valence-electron chi connectivity index (χ3n) is 14.8. The van der Waals surface area contributed by atoms with Crippen LogP contribution >= 0.6 is 22.7 Å². The van der Waals surface area contributed by atoms with Crippen LogP contribution in [0.5, 0.6) is 0 Å². The van der Waals surface area contributed by atoms with Gasteiger partial charge in [0, 0.05) is 70.1 Å². The van der Waals surface area contributed by atoms with Crippen molar-refractivity contribution >= 4 is 127 Å². The zero-order valence-corrected chi connectivity index (χ0v) is 41.9. The first-order valence-electron chi connectivity index (χ1n) is 24.9. The summed E-state index contributed by atoms with van der Waals surface area (Å²) in [4.78, 5) is 7.58. The van der Waals surface area contributed by atoms with E-state index in [1.807, 2.05) is 22.7 Å². The lowest BCUT2D eigenvalue weighted by atomic mass is 9.36. The molecule has 2 aliphatic heterocycles. The molecule has 4 heterocycles. The molecule has 0 saturated heterocycles. The highest BCUT2D eigenvalue weighted by Crippen LogP contribution is 2.53. The van der Waals surface area contributed by atoms with E-state index >= 15 is 0 Å². The molecule has 2 aliphatic rings. The van der Waals surface area contributed by atoms with Crippen molar-refractivity contribution in [1.29, 1.82) is 0 Å². The Morgan fingerprint density at radius 3 is 1.69 bits per heavy atom. The minimum absolute atomic E-state index is 0.0162. The van der Waals surface area contributed by atoms with Crippen LogP contribution in [0.3, 0.4) is 0 Å². The van der Waals surface area contributed by atoms with Gasteiger partial charge < -0.3 is 14.7 Å². The number of hydrogen-bond acceptors (Lipinski definition) is 5. The Bertz CT molecular complexity index is 3990. The van der Waals surface area contributed by atoms with Crippen molar-refractivity contribution in [2.24, 2.45) is 0 Å². The normalized spacial score (nSPS) is 12.8. The van der Waals surface area contributed by atoms with E-state index in [9.17, 15) is 0 Å². The average Bonchev–Trinajstić information content (AvgIpc) is 4.01. The molecular formula is C66H48BN3S2. The lowest BCUT2D eigenvalue weighted by molar-refractivity contribution is 0.590. The zero-order valence-electron chi connectivity index (χ0n) is 40.3. The molecule has 0 bridgehead atoms. The maximum absolute atomic E-state index is 2.64. The van der Waals surface area contributed by atoms with Gasteiger partial charge in [0.15, 0.2) is 0 Å². The van der Waals surface area contributed by atoms with Crippen LogP contribution in [-0.4, -0.2) is 6.71 Å². The molecule has 6 heteroatoms. The molecule has 14 rings (SSSR count). The van der Waals surface area contributed by atoms with Gasteiger partial charge >= 0.3 is 0 Å². The van der Waals surface area contributed by atoms with Crippen LogP contribution in [0.25, 0.3) is 52.5 Å². The largest absolute Gasteiger partial charge is 0.311 e. The maximum atomic E-state index is 2.64. The Morgan fingerprint density at radius 1 is 0.417 bits per heavy atom. The maximum Gasteiger partial charge on any atom is 0.264 e. The summed E-state index contributed by atoms with van der Waals surface area (Å²) in [7, 11) is 0. The number of para-hydroxylation sites is 2. The highest BCUT2D eigenvalue weighted by molar-refractivity contribution is 7.34. The average molecular weight is 958 g/mol. The Balaban J connectivity index is 1.06. The molecular weight excluding hydrogens is 910 g/mol. The summed E-state index contributed by atoms with van der Waals surface area (Å²) in [6, 6.07) is 87.7. The lowest BCUT2D eigenvalue weighted by Gasteiger charge is -2.43. The summed E-state index contributed by atoms with van der Waals surface area (Å²) in [6.45, 7) is 6.86. The van der Waals surface area contributed by atoms with E-state index in [0.717, 1.165) is 22.7 Å². The molecule has 3 nitrogen and oxygen atoms in total. The number of anilines is 9. The van der Waals surface area contributed by atoms with E-state index in [1.165, 1.54) is 102 Å². The van der Waals surface area contributed by atoms with Gasteiger partial charge in [0.2, 0.25) is 0 Å². The molecule has 342 valence electrons. The van der Waals surface area contributed by atoms with Crippen molar-refractivity contribution in [2.45, 2.75) is 26.2 Å². The minimum atomic E-state index is -0.0256. The van der Waals surface area contributed by atoms with Crippen molar-refractivity contribution < 1.29 is 0 Å². The van der Waals surface area contributed by atoms with Crippen LogP contribution in [0.4, 0.5) is 51.2 Å². The molecule has 0 amide bonds. The minimum Gasteiger partial charge on any atom is -0.311 e. The summed E-state index contributed by atoms with van der Waals surface area (Å²) in [6.07, 6.45) is 0. The van der Waals surface area contributed by atoms with Crippen molar-refractivity contribution in [1.82, 2.24) is 0 Å². The lowest BCUT2D eigenvalue weighted by Crippen LogP contribution is -2.60. The Hall–Kier alpha value is -8.16. The number of hydrogen-bond donors (Lipinski definition) is 0. The standard InChI is InChI=1S/C66H48BN3S2/c1-66(2,3)46-34-36-49(37-35-46)69-56-30-18-31-57-61(56)67(55-39-38-50(42-59(55)69)68(47-23-12-6-13-24-47)48-25-14-7-15-26-48)65-62(54-41-45(33-40-60(54)71-65)43-19-8-4-9-20-43)70(57)58-32-17-29-53-52-28-16-27-51(63(52)72-64(53)58)44-21-10-5-11-22-44/h4-42H,1-3H3. The van der Waals surface area contributed by atoms with Gasteiger partial charge in [-0.1, -0.05) is 178 Å². The van der Waals surface area contributed by atoms with E-state index in [0.29, 0.717) is 0 Å². The molecule has 0 unspecified atom stereocenters. The summed E-state index contributed by atoms with van der Waals surface area (Å²) < 4.78 is 5.24. The molecule has 0 atom stereocenters. The van der Waals surface area contributed by atoms with E-state index in [2.05, 4.69) is 272 Å². The first-order chi connectivity index (χ1) is 35.4. The van der Waals surface area contributed by atoms with E-state index < -0.39 is 0 Å². The van der Waals surface area contributed by atoms with Crippen molar-refractivity contribution in [2.75, 3.05) is 14.7 Å². The molecule has 0 spiro atoms. The van der Waals surface area contributed by atoms with Crippen molar-refractivity contribution in [3.63, 3.8) is 0 Å². The number of fused-ring (bicyclic) bond motifs is 9. The second-order valence-corrected chi connectivity index (χ2v) is 22.2. The summed E-state index contributed by atoms with van der Waals surface area (Å²) >= 11 is 3.88. The number of rotatable bonds is 7. The molecule has 0 aliphatic carbocycles. The Morgan fingerprint density at radius 2 is 1.01 bits per heavy atom. The highest BCUT2D eigenvalue weighted by atomic mass is 32.1. The van der Waals surface area contributed by atoms with Gasteiger partial charge in [-0.3, -0.25) is 0 Å². The molecule has 12 aromatic rings. The first kappa shape index (κ1) is 42.7. The number of benzene rings is 10. The second kappa shape index (κ2) is 16.7. The van der Waals surface area contributed by atoms with Gasteiger partial charge in [-0.2, -0.15) is 0 Å². The van der Waals surface area contributed by atoms with Crippen LogP contribution in [-0.2, 0) is 5.41 Å². The molecule has 0 radical (unpaired) electrons. The summed E-state index contributed by atoms with van der Waals surface area (Å²) in [5.74, 6) is 0. The number of thiophene rings is 2. The fourth-order valence-corrected chi connectivity index (χ4v) is 14.1. The Labute approximate surface area is 429 Å². The fourth-order valence-electron chi connectivity index (χ4n) is 11.4. The predicted octanol–water partition coefficient (Wildman–Crippen LogP) is 17.5. The SMILES string of the molecule is CC(C)(C)c1ccc(N2c3cc(N(c4ccccc4)c4ccccc4)ccc3B3c4sc5ccc(-c6ccccc6)cc5c4N(c4cccc5c4sc4c(-c6ccccc6)cccc45)c4cccc2c43)cc1. The fraction of sp³-hybridized carbons (Fsp3) is 0.0606. The van der Waals surface area contributed by atoms with Gasteiger partial charge in [-0.15, -0.1) is 22.7 Å². The molecule has 72 heavy (non-hydrogen) atoms. The van der Waals surface area contributed by atoms with E-state index in [4.69, 9.17) is 0 Å². The third kappa shape index (κ3) is 6.77.